The number of nitrogens with zero attached hydrogens (tertiary/aromatic N) is 1. The quantitative estimate of drug-likeness (QED) is 0.688. The van der Waals surface area contributed by atoms with E-state index in [4.69, 9.17) is 0 Å². The molecule has 1 aliphatic heterocycles. The van der Waals surface area contributed by atoms with E-state index in [2.05, 4.69) is 21.0 Å². The first-order chi connectivity index (χ1) is 11.4. The van der Waals surface area contributed by atoms with Gasteiger partial charge in [0, 0.05) is 5.56 Å². The van der Waals surface area contributed by atoms with Gasteiger partial charge in [-0.25, -0.2) is 8.42 Å². The molecule has 0 bridgehead atoms. The van der Waals surface area contributed by atoms with Crippen LogP contribution in [0.1, 0.15) is 16.9 Å². The summed E-state index contributed by atoms with van der Waals surface area (Å²) in [5.74, 6) is -1.88. The van der Waals surface area contributed by atoms with Crippen LogP contribution in [0.15, 0.2) is 36.4 Å². The number of benzene rings is 1. The van der Waals surface area contributed by atoms with Gasteiger partial charge in [0.25, 0.3) is 5.91 Å². The summed E-state index contributed by atoms with van der Waals surface area (Å²) < 4.78 is 22.7. The molecule has 0 unspecified atom stereocenters. The molecule has 0 aliphatic carbocycles. The molecule has 0 spiro atoms. The smallest absolute Gasteiger partial charge is 0.273 e. The highest BCUT2D eigenvalue weighted by molar-refractivity contribution is 7.91. The molecule has 1 aliphatic rings. The second-order valence-corrected chi connectivity index (χ2v) is 7.80. The van der Waals surface area contributed by atoms with Gasteiger partial charge in [-0.3, -0.25) is 25.5 Å². The lowest BCUT2D eigenvalue weighted by atomic mass is 10.1. The molecule has 3 N–H and O–H groups in total. The number of hydrogen-bond acceptors (Lipinski definition) is 5. The summed E-state index contributed by atoms with van der Waals surface area (Å²) >= 11 is 0. The predicted molar refractivity (Wildman–Crippen MR) is 86.4 cm³/mol. The third-order valence-corrected chi connectivity index (χ3v) is 5.56. The minimum atomic E-state index is -3.15. The Labute approximate surface area is 138 Å². The fraction of sp³-hybridized carbons (Fsp3) is 0.267. The van der Waals surface area contributed by atoms with Crippen LogP contribution in [0.2, 0.25) is 0 Å². The Morgan fingerprint density at radius 3 is 2.58 bits per heavy atom. The summed E-state index contributed by atoms with van der Waals surface area (Å²) in [6.45, 7) is 0. The summed E-state index contributed by atoms with van der Waals surface area (Å²) in [4.78, 5) is 23.9. The Bertz CT molecular complexity index is 861. The topological polar surface area (TPSA) is 121 Å². The molecule has 1 aromatic carbocycles. The largest absolute Gasteiger partial charge is 0.287 e. The molecular formula is C15H16N4O4S. The predicted octanol–water partition coefficient (Wildman–Crippen LogP) is 0.272. The molecule has 8 nitrogen and oxygen atoms in total. The van der Waals surface area contributed by atoms with Crippen LogP contribution in [-0.4, -0.2) is 41.9 Å². The third-order valence-electron chi connectivity index (χ3n) is 3.79. The van der Waals surface area contributed by atoms with Crippen molar-refractivity contribution < 1.29 is 18.0 Å². The van der Waals surface area contributed by atoms with Crippen molar-refractivity contribution in [2.75, 3.05) is 11.5 Å². The minimum Gasteiger partial charge on any atom is -0.273 e. The van der Waals surface area contributed by atoms with Gasteiger partial charge in [-0.15, -0.1) is 0 Å². The Balaban J connectivity index is 1.58. The van der Waals surface area contributed by atoms with E-state index in [-0.39, 0.29) is 23.6 Å². The first-order valence-corrected chi connectivity index (χ1v) is 9.18. The molecule has 2 amide bonds. The second kappa shape index (κ2) is 6.44. The lowest BCUT2D eigenvalue weighted by Gasteiger charge is -2.09. The van der Waals surface area contributed by atoms with Gasteiger partial charge < -0.3 is 0 Å². The van der Waals surface area contributed by atoms with Crippen molar-refractivity contribution in [2.24, 2.45) is 5.92 Å². The summed E-state index contributed by atoms with van der Waals surface area (Å²) in [7, 11) is -3.15. The molecule has 126 valence electrons. The average molecular weight is 348 g/mol. The van der Waals surface area contributed by atoms with Crippen molar-refractivity contribution in [3.63, 3.8) is 0 Å². The van der Waals surface area contributed by atoms with E-state index in [0.29, 0.717) is 5.69 Å². The summed E-state index contributed by atoms with van der Waals surface area (Å²) in [5.41, 5.74) is 6.17. The second-order valence-electron chi connectivity index (χ2n) is 5.58. The van der Waals surface area contributed by atoms with Gasteiger partial charge in [-0.2, -0.15) is 5.10 Å². The van der Waals surface area contributed by atoms with Crippen LogP contribution in [0.25, 0.3) is 11.3 Å². The summed E-state index contributed by atoms with van der Waals surface area (Å²) in [6, 6.07) is 10.9. The van der Waals surface area contributed by atoms with Crippen molar-refractivity contribution in [2.45, 2.75) is 6.42 Å². The number of nitrogens with one attached hydrogen (secondary N) is 3. The number of carbonyl (C=O) groups is 2. The van der Waals surface area contributed by atoms with Gasteiger partial charge in [-0.05, 0) is 12.5 Å². The van der Waals surface area contributed by atoms with E-state index in [9.17, 15) is 18.0 Å². The van der Waals surface area contributed by atoms with E-state index in [1.54, 1.807) is 6.07 Å². The highest BCUT2D eigenvalue weighted by Crippen LogP contribution is 2.18. The maximum Gasteiger partial charge on any atom is 0.287 e. The molecule has 0 saturated carbocycles. The lowest BCUT2D eigenvalue weighted by molar-refractivity contribution is -0.125. The van der Waals surface area contributed by atoms with E-state index in [1.165, 1.54) is 0 Å². The first kappa shape index (κ1) is 16.2. The SMILES string of the molecule is O=C(NNC(=O)[C@@H]1CCS(=O)(=O)C1)c1cc(-c2ccccc2)n[nH]1. The minimum absolute atomic E-state index is 0.0000169. The van der Waals surface area contributed by atoms with Crippen LogP contribution in [0.4, 0.5) is 0 Å². The number of amides is 2. The number of aromatic amines is 1. The molecule has 1 aromatic heterocycles. The molecule has 2 heterocycles. The molecule has 1 saturated heterocycles. The fourth-order valence-electron chi connectivity index (χ4n) is 2.48. The van der Waals surface area contributed by atoms with Crippen LogP contribution in [0, 0.1) is 5.92 Å². The summed E-state index contributed by atoms with van der Waals surface area (Å²) in [6.07, 6.45) is 0.270. The van der Waals surface area contributed by atoms with Crippen molar-refractivity contribution in [3.05, 3.63) is 42.1 Å². The molecule has 9 heteroatoms. The number of hydrogen-bond donors (Lipinski definition) is 3. The van der Waals surface area contributed by atoms with Gasteiger partial charge >= 0.3 is 0 Å². The van der Waals surface area contributed by atoms with Gasteiger partial charge in [0.1, 0.15) is 5.69 Å². The molecule has 3 rings (SSSR count). The number of sulfone groups is 1. The third kappa shape index (κ3) is 3.62. The van der Waals surface area contributed by atoms with E-state index in [1.807, 2.05) is 30.3 Å². The van der Waals surface area contributed by atoms with Crippen molar-refractivity contribution in [1.29, 1.82) is 0 Å². The number of rotatable bonds is 3. The maximum atomic E-state index is 12.0. The first-order valence-electron chi connectivity index (χ1n) is 7.36. The van der Waals surface area contributed by atoms with Crippen LogP contribution in [-0.2, 0) is 14.6 Å². The molecular weight excluding hydrogens is 332 g/mol. The van der Waals surface area contributed by atoms with Crippen LogP contribution < -0.4 is 10.9 Å². The van der Waals surface area contributed by atoms with E-state index < -0.39 is 27.6 Å². The zero-order chi connectivity index (χ0) is 17.2. The number of carbonyl (C=O) groups excluding carboxylic acids is 2. The molecule has 1 fully saturated rings. The normalized spacial score (nSPS) is 18.9. The summed E-state index contributed by atoms with van der Waals surface area (Å²) in [5, 5.41) is 6.65. The van der Waals surface area contributed by atoms with Crippen molar-refractivity contribution >= 4 is 21.7 Å². The van der Waals surface area contributed by atoms with E-state index >= 15 is 0 Å². The molecule has 0 radical (unpaired) electrons. The van der Waals surface area contributed by atoms with Crippen molar-refractivity contribution in [1.82, 2.24) is 21.0 Å². The van der Waals surface area contributed by atoms with Crippen LogP contribution >= 0.6 is 0 Å². The number of aromatic nitrogens is 2. The number of H-pyrrole nitrogens is 1. The van der Waals surface area contributed by atoms with Crippen molar-refractivity contribution in [3.8, 4) is 11.3 Å². The molecule has 1 atom stereocenters. The number of hydrazine groups is 1. The standard InChI is InChI=1S/C15H16N4O4S/c20-14(11-6-7-24(22,23)9-11)18-19-15(21)13-8-12(16-17-13)10-4-2-1-3-5-10/h1-5,8,11H,6-7,9H2,(H,16,17)(H,18,20)(H,19,21)/t11-/m1/s1. The van der Waals surface area contributed by atoms with Crippen LogP contribution in [0.5, 0.6) is 0 Å². The monoisotopic (exact) mass is 348 g/mol. The van der Waals surface area contributed by atoms with Crippen LogP contribution in [0.3, 0.4) is 0 Å². The van der Waals surface area contributed by atoms with Gasteiger partial charge in [-0.1, -0.05) is 30.3 Å². The van der Waals surface area contributed by atoms with Gasteiger partial charge in [0.05, 0.1) is 23.1 Å². The lowest BCUT2D eigenvalue weighted by Crippen LogP contribution is -2.45. The highest BCUT2D eigenvalue weighted by atomic mass is 32.2. The Hall–Kier alpha value is -2.68. The van der Waals surface area contributed by atoms with Gasteiger partial charge in [0.2, 0.25) is 5.91 Å². The molecule has 2 aromatic rings. The average Bonchev–Trinajstić information content (AvgIpc) is 3.20. The fourth-order valence-corrected chi connectivity index (χ4v) is 4.23. The zero-order valence-corrected chi connectivity index (χ0v) is 13.5. The highest BCUT2D eigenvalue weighted by Gasteiger charge is 2.33. The maximum absolute atomic E-state index is 12.0. The molecule has 24 heavy (non-hydrogen) atoms. The Morgan fingerprint density at radius 2 is 1.92 bits per heavy atom. The van der Waals surface area contributed by atoms with E-state index in [0.717, 1.165) is 5.56 Å². The zero-order valence-electron chi connectivity index (χ0n) is 12.7. The Kier molecular flexibility index (Phi) is 4.34. The van der Waals surface area contributed by atoms with Gasteiger partial charge in [0.15, 0.2) is 9.84 Å². The Morgan fingerprint density at radius 1 is 1.17 bits per heavy atom.